The van der Waals surface area contributed by atoms with E-state index in [1.165, 1.54) is 17.7 Å². The summed E-state index contributed by atoms with van der Waals surface area (Å²) in [6.45, 7) is 5.20. The largest absolute Gasteiger partial charge is 0.394 e. The predicted octanol–water partition coefficient (Wildman–Crippen LogP) is 2.15. The summed E-state index contributed by atoms with van der Waals surface area (Å²) in [4.78, 5) is 5.72. The van der Waals surface area contributed by atoms with Gasteiger partial charge in [-0.3, -0.25) is 0 Å². The Morgan fingerprint density at radius 1 is 1.38 bits per heavy atom. The van der Waals surface area contributed by atoms with E-state index in [4.69, 9.17) is 0 Å². The molecule has 0 aromatic carbocycles. The Labute approximate surface area is 101 Å². The summed E-state index contributed by atoms with van der Waals surface area (Å²) in [6, 6.07) is 0. The van der Waals surface area contributed by atoms with Gasteiger partial charge in [-0.1, -0.05) is 12.8 Å². The molecule has 1 aliphatic carbocycles. The Kier molecular flexibility index (Phi) is 3.62. The van der Waals surface area contributed by atoms with Crippen LogP contribution in [-0.2, 0) is 6.54 Å². The Bertz CT molecular complexity index is 356. The molecule has 90 valence electrons. The molecular weight excluding hydrogens is 220 g/mol. The van der Waals surface area contributed by atoms with Crippen molar-refractivity contribution >= 4 is 11.3 Å². The van der Waals surface area contributed by atoms with Crippen molar-refractivity contribution in [2.75, 3.05) is 6.61 Å². The monoisotopic (exact) mass is 240 g/mol. The molecule has 16 heavy (non-hydrogen) atoms. The van der Waals surface area contributed by atoms with E-state index in [2.05, 4.69) is 17.2 Å². The van der Waals surface area contributed by atoms with Gasteiger partial charge >= 0.3 is 0 Å². The van der Waals surface area contributed by atoms with Crippen LogP contribution < -0.4 is 5.32 Å². The van der Waals surface area contributed by atoms with Gasteiger partial charge in [-0.05, 0) is 26.7 Å². The molecule has 2 N–H and O–H groups in total. The smallest absolute Gasteiger partial charge is 0.0900 e. The van der Waals surface area contributed by atoms with Crippen LogP contribution in [0.25, 0.3) is 0 Å². The van der Waals surface area contributed by atoms with E-state index >= 15 is 0 Å². The highest BCUT2D eigenvalue weighted by molar-refractivity contribution is 7.11. The number of nitrogens with one attached hydrogen (secondary N) is 1. The first-order valence-corrected chi connectivity index (χ1v) is 6.76. The minimum absolute atomic E-state index is 0.0235. The molecule has 0 atom stereocenters. The molecule has 1 fully saturated rings. The molecule has 0 spiro atoms. The van der Waals surface area contributed by atoms with E-state index in [1.54, 1.807) is 11.3 Å². The van der Waals surface area contributed by atoms with Gasteiger partial charge in [-0.15, -0.1) is 11.3 Å². The van der Waals surface area contributed by atoms with Gasteiger partial charge in [0.1, 0.15) is 0 Å². The van der Waals surface area contributed by atoms with Crippen LogP contribution in [0.15, 0.2) is 0 Å². The number of aromatic nitrogens is 1. The van der Waals surface area contributed by atoms with E-state index in [0.29, 0.717) is 0 Å². The third-order valence-corrected chi connectivity index (χ3v) is 4.56. The maximum Gasteiger partial charge on any atom is 0.0900 e. The summed E-state index contributed by atoms with van der Waals surface area (Å²) in [5.74, 6) is 0. The Morgan fingerprint density at radius 2 is 2.06 bits per heavy atom. The third kappa shape index (κ3) is 2.44. The van der Waals surface area contributed by atoms with E-state index in [9.17, 15) is 5.11 Å². The van der Waals surface area contributed by atoms with Crippen molar-refractivity contribution in [3.63, 3.8) is 0 Å². The lowest BCUT2D eigenvalue weighted by atomic mass is 9.99. The van der Waals surface area contributed by atoms with Crippen LogP contribution in [0.5, 0.6) is 0 Å². The standard InChI is InChI=1S/C12H20N2OS/c1-9-11(16-10(2)14-9)7-13-12(8-15)5-3-4-6-12/h13,15H,3-8H2,1-2H3. The molecule has 1 aromatic heterocycles. The molecule has 0 radical (unpaired) electrons. The van der Waals surface area contributed by atoms with Gasteiger partial charge in [0.05, 0.1) is 17.3 Å². The van der Waals surface area contributed by atoms with Crippen molar-refractivity contribution in [1.29, 1.82) is 0 Å². The highest BCUT2D eigenvalue weighted by Crippen LogP contribution is 2.30. The topological polar surface area (TPSA) is 45.2 Å². The first-order valence-electron chi connectivity index (χ1n) is 5.94. The van der Waals surface area contributed by atoms with E-state index in [-0.39, 0.29) is 12.1 Å². The fraction of sp³-hybridized carbons (Fsp3) is 0.750. The maximum absolute atomic E-state index is 9.49. The number of hydrogen-bond donors (Lipinski definition) is 2. The summed E-state index contributed by atoms with van der Waals surface area (Å²) >= 11 is 1.75. The molecule has 1 saturated carbocycles. The van der Waals surface area contributed by atoms with Crippen LogP contribution in [0, 0.1) is 13.8 Å². The summed E-state index contributed by atoms with van der Waals surface area (Å²) in [6.07, 6.45) is 4.66. The van der Waals surface area contributed by atoms with Crippen LogP contribution in [0.3, 0.4) is 0 Å². The van der Waals surface area contributed by atoms with Crippen molar-refractivity contribution in [3.05, 3.63) is 15.6 Å². The van der Waals surface area contributed by atoms with E-state index in [1.807, 2.05) is 6.92 Å². The summed E-state index contributed by atoms with van der Waals surface area (Å²) in [7, 11) is 0. The Balaban J connectivity index is 1.98. The molecule has 3 nitrogen and oxygen atoms in total. The van der Waals surface area contributed by atoms with Gasteiger partial charge in [-0.25, -0.2) is 4.98 Å². The van der Waals surface area contributed by atoms with Crippen molar-refractivity contribution in [3.8, 4) is 0 Å². The quantitative estimate of drug-likeness (QED) is 0.847. The zero-order valence-electron chi connectivity index (χ0n) is 10.0. The van der Waals surface area contributed by atoms with Crippen molar-refractivity contribution in [2.45, 2.75) is 51.6 Å². The van der Waals surface area contributed by atoms with Crippen molar-refractivity contribution in [2.24, 2.45) is 0 Å². The first-order chi connectivity index (χ1) is 7.65. The lowest BCUT2D eigenvalue weighted by Gasteiger charge is -2.27. The molecule has 1 aromatic rings. The summed E-state index contributed by atoms with van der Waals surface area (Å²) in [5.41, 5.74) is 1.10. The normalized spacial score (nSPS) is 19.2. The van der Waals surface area contributed by atoms with Crippen LogP contribution in [0.2, 0.25) is 0 Å². The number of nitrogens with zero attached hydrogens (tertiary/aromatic N) is 1. The second-order valence-corrected chi connectivity index (χ2v) is 6.03. The molecule has 1 heterocycles. The molecule has 0 saturated heterocycles. The molecular formula is C12H20N2OS. The number of rotatable bonds is 4. The summed E-state index contributed by atoms with van der Waals surface area (Å²) < 4.78 is 0. The van der Waals surface area contributed by atoms with Crippen LogP contribution in [-0.4, -0.2) is 22.2 Å². The Morgan fingerprint density at radius 3 is 2.56 bits per heavy atom. The molecule has 1 aliphatic rings. The van der Waals surface area contributed by atoms with Gasteiger partial charge in [0.2, 0.25) is 0 Å². The number of aliphatic hydroxyl groups excluding tert-OH is 1. The van der Waals surface area contributed by atoms with Crippen LogP contribution in [0.1, 0.15) is 41.3 Å². The molecule has 0 bridgehead atoms. The predicted molar refractivity (Wildman–Crippen MR) is 66.7 cm³/mol. The minimum Gasteiger partial charge on any atom is -0.394 e. The molecule has 0 unspecified atom stereocenters. The number of aryl methyl sites for hydroxylation is 2. The average molecular weight is 240 g/mol. The molecule has 0 amide bonds. The minimum atomic E-state index is -0.0235. The highest BCUT2D eigenvalue weighted by atomic mass is 32.1. The lowest BCUT2D eigenvalue weighted by Crippen LogP contribution is -2.45. The van der Waals surface area contributed by atoms with Gasteiger partial charge in [0.25, 0.3) is 0 Å². The number of aliphatic hydroxyl groups is 1. The molecule has 0 aliphatic heterocycles. The summed E-state index contributed by atoms with van der Waals surface area (Å²) in [5, 5.41) is 14.2. The van der Waals surface area contributed by atoms with Gasteiger partial charge in [0.15, 0.2) is 0 Å². The van der Waals surface area contributed by atoms with Crippen LogP contribution in [0.4, 0.5) is 0 Å². The number of thiazole rings is 1. The molecule has 4 heteroatoms. The first kappa shape index (κ1) is 12.0. The third-order valence-electron chi connectivity index (χ3n) is 3.49. The number of hydrogen-bond acceptors (Lipinski definition) is 4. The second kappa shape index (κ2) is 4.82. The zero-order chi connectivity index (χ0) is 11.6. The SMILES string of the molecule is Cc1nc(C)c(CNC2(CO)CCCC2)s1. The Hall–Kier alpha value is -0.450. The second-order valence-electron chi connectivity index (χ2n) is 4.74. The maximum atomic E-state index is 9.49. The van der Waals surface area contributed by atoms with Gasteiger partial charge < -0.3 is 10.4 Å². The fourth-order valence-electron chi connectivity index (χ4n) is 2.45. The van der Waals surface area contributed by atoms with Gasteiger partial charge in [-0.2, -0.15) is 0 Å². The van der Waals surface area contributed by atoms with Crippen LogP contribution >= 0.6 is 11.3 Å². The lowest BCUT2D eigenvalue weighted by molar-refractivity contribution is 0.163. The van der Waals surface area contributed by atoms with Crippen molar-refractivity contribution in [1.82, 2.24) is 10.3 Å². The van der Waals surface area contributed by atoms with E-state index < -0.39 is 0 Å². The zero-order valence-corrected chi connectivity index (χ0v) is 10.9. The van der Waals surface area contributed by atoms with Crippen molar-refractivity contribution < 1.29 is 5.11 Å². The fourth-order valence-corrected chi connectivity index (χ4v) is 3.32. The molecule has 2 rings (SSSR count). The average Bonchev–Trinajstić information content (AvgIpc) is 2.84. The van der Waals surface area contributed by atoms with E-state index in [0.717, 1.165) is 30.1 Å². The highest BCUT2D eigenvalue weighted by Gasteiger charge is 2.32. The van der Waals surface area contributed by atoms with Gasteiger partial charge in [0, 0.05) is 17.0 Å².